The van der Waals surface area contributed by atoms with Crippen molar-refractivity contribution in [3.63, 3.8) is 0 Å². The number of aliphatic carboxylic acids is 1. The summed E-state index contributed by atoms with van der Waals surface area (Å²) in [7, 11) is 0. The van der Waals surface area contributed by atoms with Crippen molar-refractivity contribution >= 4 is 18.6 Å². The van der Waals surface area contributed by atoms with Crippen LogP contribution in [0.4, 0.5) is 0 Å². The van der Waals surface area contributed by atoms with Crippen molar-refractivity contribution in [2.24, 2.45) is 5.73 Å². The first-order valence-electron chi connectivity index (χ1n) is 5.75. The number of rotatable bonds is 5. The molecule has 0 fully saturated rings. The van der Waals surface area contributed by atoms with Gasteiger partial charge in [0, 0.05) is 5.75 Å². The fourth-order valence-corrected chi connectivity index (χ4v) is 1.26. The zero-order chi connectivity index (χ0) is 13.1. The normalized spacial score (nSPS) is 11.2. The van der Waals surface area contributed by atoms with Gasteiger partial charge in [-0.15, -0.1) is 0 Å². The summed E-state index contributed by atoms with van der Waals surface area (Å²) in [4.78, 5) is 9.76. The molecule has 0 heterocycles. The van der Waals surface area contributed by atoms with Gasteiger partial charge < -0.3 is 10.8 Å². The molecular formula is C13H21NO2S. The SMILES string of the molecule is CCCCc1ccccc1.NC(CS)C(=O)O. The molecule has 0 bridgehead atoms. The Labute approximate surface area is 108 Å². The van der Waals surface area contributed by atoms with E-state index >= 15 is 0 Å². The lowest BCUT2D eigenvalue weighted by atomic mass is 10.1. The Balaban J connectivity index is 0.000000325. The third-order valence-corrected chi connectivity index (χ3v) is 2.57. The van der Waals surface area contributed by atoms with E-state index in [1.54, 1.807) is 0 Å². The maximum absolute atomic E-state index is 9.76. The minimum absolute atomic E-state index is 0.190. The lowest BCUT2D eigenvalue weighted by Crippen LogP contribution is -2.31. The van der Waals surface area contributed by atoms with Gasteiger partial charge in [0.15, 0.2) is 0 Å². The minimum Gasteiger partial charge on any atom is -0.480 e. The average Bonchev–Trinajstić information content (AvgIpc) is 2.37. The molecule has 1 rings (SSSR count). The fourth-order valence-electron chi connectivity index (χ4n) is 1.10. The number of carboxylic acid groups (broad SMARTS) is 1. The molecule has 1 aromatic rings. The van der Waals surface area contributed by atoms with E-state index in [1.165, 1.54) is 24.8 Å². The molecule has 0 radical (unpaired) electrons. The summed E-state index contributed by atoms with van der Waals surface area (Å²) >= 11 is 3.65. The van der Waals surface area contributed by atoms with E-state index in [9.17, 15) is 4.79 Å². The molecule has 1 aromatic carbocycles. The molecule has 4 heteroatoms. The smallest absolute Gasteiger partial charge is 0.321 e. The Morgan fingerprint density at radius 1 is 1.41 bits per heavy atom. The van der Waals surface area contributed by atoms with Crippen molar-refractivity contribution < 1.29 is 9.90 Å². The second-order valence-corrected chi connectivity index (χ2v) is 4.08. The summed E-state index contributed by atoms with van der Waals surface area (Å²) in [6.45, 7) is 2.23. The van der Waals surface area contributed by atoms with Gasteiger partial charge in [0.2, 0.25) is 0 Å². The average molecular weight is 255 g/mol. The number of benzene rings is 1. The van der Waals surface area contributed by atoms with Gasteiger partial charge in [-0.3, -0.25) is 4.79 Å². The molecule has 3 nitrogen and oxygen atoms in total. The van der Waals surface area contributed by atoms with Crippen LogP contribution >= 0.6 is 12.6 Å². The maximum atomic E-state index is 9.76. The summed E-state index contributed by atoms with van der Waals surface area (Å²) in [6, 6.07) is 9.83. The van der Waals surface area contributed by atoms with Crippen LogP contribution in [0.25, 0.3) is 0 Å². The highest BCUT2D eigenvalue weighted by Gasteiger charge is 2.06. The molecular weight excluding hydrogens is 234 g/mol. The molecule has 1 atom stereocenters. The minimum atomic E-state index is -1.00. The summed E-state index contributed by atoms with van der Waals surface area (Å²) in [5, 5.41) is 8.01. The van der Waals surface area contributed by atoms with Gasteiger partial charge in [0.1, 0.15) is 6.04 Å². The summed E-state index contributed by atoms with van der Waals surface area (Å²) < 4.78 is 0. The molecule has 0 saturated carbocycles. The highest BCUT2D eigenvalue weighted by Crippen LogP contribution is 2.03. The number of aryl methyl sites for hydroxylation is 1. The molecule has 96 valence electrons. The zero-order valence-electron chi connectivity index (χ0n) is 10.2. The summed E-state index contributed by atoms with van der Waals surface area (Å²) in [6.07, 6.45) is 3.83. The molecule has 0 saturated heterocycles. The fraction of sp³-hybridized carbons (Fsp3) is 0.462. The quantitative estimate of drug-likeness (QED) is 0.708. The number of thiol groups is 1. The van der Waals surface area contributed by atoms with Crippen LogP contribution in [0.5, 0.6) is 0 Å². The number of hydrogen-bond donors (Lipinski definition) is 3. The van der Waals surface area contributed by atoms with E-state index in [2.05, 4.69) is 49.9 Å². The topological polar surface area (TPSA) is 63.3 Å². The number of unbranched alkanes of at least 4 members (excludes halogenated alkanes) is 1. The summed E-state index contributed by atoms with van der Waals surface area (Å²) in [5.41, 5.74) is 6.40. The molecule has 0 aliphatic carbocycles. The first kappa shape index (κ1) is 16.0. The van der Waals surface area contributed by atoms with Gasteiger partial charge in [0.05, 0.1) is 0 Å². The van der Waals surface area contributed by atoms with Crippen LogP contribution in [-0.2, 0) is 11.2 Å². The van der Waals surface area contributed by atoms with Crippen LogP contribution in [0.15, 0.2) is 30.3 Å². The van der Waals surface area contributed by atoms with Crippen LogP contribution in [-0.4, -0.2) is 22.9 Å². The van der Waals surface area contributed by atoms with E-state index in [4.69, 9.17) is 10.8 Å². The first-order valence-corrected chi connectivity index (χ1v) is 6.38. The van der Waals surface area contributed by atoms with Crippen LogP contribution in [0, 0.1) is 0 Å². The maximum Gasteiger partial charge on any atom is 0.321 e. The third-order valence-electron chi connectivity index (χ3n) is 2.18. The van der Waals surface area contributed by atoms with Crippen molar-refractivity contribution in [2.75, 3.05) is 5.75 Å². The van der Waals surface area contributed by atoms with Crippen LogP contribution < -0.4 is 5.73 Å². The number of nitrogens with two attached hydrogens (primary N) is 1. The van der Waals surface area contributed by atoms with Gasteiger partial charge in [-0.1, -0.05) is 43.7 Å². The Hall–Kier alpha value is -1.00. The van der Waals surface area contributed by atoms with Gasteiger partial charge in [-0.2, -0.15) is 12.6 Å². The standard InChI is InChI=1S/C10H14.C3H7NO2S/c1-2-3-7-10-8-5-4-6-9-10;4-2(1-7)3(5)6/h4-6,8-9H,2-3,7H2,1H3;2,7H,1,4H2,(H,5,6). The van der Waals surface area contributed by atoms with Gasteiger partial charge in [-0.25, -0.2) is 0 Å². The highest BCUT2D eigenvalue weighted by molar-refractivity contribution is 7.80. The molecule has 0 spiro atoms. The molecule has 0 amide bonds. The second-order valence-electron chi connectivity index (χ2n) is 3.72. The Morgan fingerprint density at radius 2 is 2.00 bits per heavy atom. The van der Waals surface area contributed by atoms with Crippen LogP contribution in [0.1, 0.15) is 25.3 Å². The predicted octanol–water partition coefficient (Wildman–Crippen LogP) is 2.36. The van der Waals surface area contributed by atoms with Gasteiger partial charge in [0.25, 0.3) is 0 Å². The largest absolute Gasteiger partial charge is 0.480 e. The van der Waals surface area contributed by atoms with E-state index in [-0.39, 0.29) is 5.75 Å². The second kappa shape index (κ2) is 10.2. The Bertz CT molecular complexity index is 304. The van der Waals surface area contributed by atoms with E-state index in [0.717, 1.165) is 0 Å². The molecule has 1 unspecified atom stereocenters. The van der Waals surface area contributed by atoms with Crippen LogP contribution in [0.3, 0.4) is 0 Å². The molecule has 0 aromatic heterocycles. The molecule has 17 heavy (non-hydrogen) atoms. The van der Waals surface area contributed by atoms with Crippen molar-refractivity contribution in [1.29, 1.82) is 0 Å². The highest BCUT2D eigenvalue weighted by atomic mass is 32.1. The summed E-state index contributed by atoms with van der Waals surface area (Å²) in [5.74, 6) is -0.815. The Kier molecular flexibility index (Phi) is 9.57. The Morgan fingerprint density at radius 3 is 2.35 bits per heavy atom. The lowest BCUT2D eigenvalue weighted by molar-refractivity contribution is -0.137. The first-order chi connectivity index (χ1) is 8.11. The predicted molar refractivity (Wildman–Crippen MR) is 74.5 cm³/mol. The molecule has 0 aliphatic rings. The number of carbonyl (C=O) groups is 1. The van der Waals surface area contributed by atoms with E-state index < -0.39 is 12.0 Å². The monoisotopic (exact) mass is 255 g/mol. The van der Waals surface area contributed by atoms with Crippen molar-refractivity contribution in [3.8, 4) is 0 Å². The van der Waals surface area contributed by atoms with Crippen LogP contribution in [0.2, 0.25) is 0 Å². The number of hydrogen-bond acceptors (Lipinski definition) is 3. The van der Waals surface area contributed by atoms with Crippen molar-refractivity contribution in [1.82, 2.24) is 0 Å². The van der Waals surface area contributed by atoms with Crippen molar-refractivity contribution in [2.45, 2.75) is 32.2 Å². The van der Waals surface area contributed by atoms with E-state index in [0.29, 0.717) is 0 Å². The number of carboxylic acids is 1. The zero-order valence-corrected chi connectivity index (χ0v) is 11.1. The van der Waals surface area contributed by atoms with E-state index in [1.807, 2.05) is 0 Å². The van der Waals surface area contributed by atoms with Crippen molar-refractivity contribution in [3.05, 3.63) is 35.9 Å². The lowest BCUT2D eigenvalue weighted by Gasteiger charge is -1.96. The molecule has 3 N–H and O–H groups in total. The third kappa shape index (κ3) is 8.77. The molecule has 0 aliphatic heterocycles. The van der Waals surface area contributed by atoms with Gasteiger partial charge in [-0.05, 0) is 18.4 Å². The van der Waals surface area contributed by atoms with Gasteiger partial charge >= 0.3 is 5.97 Å².